The zero-order valence-corrected chi connectivity index (χ0v) is 14.1. The molecule has 0 fully saturated rings. The summed E-state index contributed by atoms with van der Waals surface area (Å²) in [6, 6.07) is 2.61. The van der Waals surface area contributed by atoms with Crippen LogP contribution in [-0.4, -0.2) is 25.1 Å². The van der Waals surface area contributed by atoms with Crippen molar-refractivity contribution in [3.8, 4) is 5.75 Å². The van der Waals surface area contributed by atoms with Crippen molar-refractivity contribution >= 4 is 44.0 Å². The molecule has 1 heterocycles. The van der Waals surface area contributed by atoms with Crippen molar-refractivity contribution in [2.45, 2.75) is 19.8 Å². The minimum Gasteiger partial charge on any atom is -0.405 e. The third-order valence-electron chi connectivity index (χ3n) is 2.82. The molecule has 0 bridgehead atoms. The van der Waals surface area contributed by atoms with E-state index in [0.717, 1.165) is 11.3 Å². The summed E-state index contributed by atoms with van der Waals surface area (Å²) in [5.74, 6) is -0.713. The second-order valence-electron chi connectivity index (χ2n) is 4.56. The zero-order valence-electron chi connectivity index (χ0n) is 11.7. The molecule has 1 aromatic carbocycles. The summed E-state index contributed by atoms with van der Waals surface area (Å²) in [7, 11) is -3.70. The minimum atomic E-state index is -4.80. The van der Waals surface area contributed by atoms with Crippen LogP contribution in [0, 0.1) is 12.3 Å². The van der Waals surface area contributed by atoms with Gasteiger partial charge in [0.2, 0.25) is 10.0 Å². The molecule has 2 aromatic rings. The molecule has 0 unspecified atom stereocenters. The monoisotopic (exact) mass is 391 g/mol. The molecule has 0 aliphatic rings. The van der Waals surface area contributed by atoms with Crippen LogP contribution >= 0.6 is 23.7 Å². The number of hydrogen-bond donors (Lipinski definition) is 2. The third kappa shape index (κ3) is 5.09. The van der Waals surface area contributed by atoms with Crippen LogP contribution in [0.1, 0.15) is 5.56 Å². The summed E-state index contributed by atoms with van der Waals surface area (Å²) in [6.07, 6.45) is -4.80. The maximum Gasteiger partial charge on any atom is 0.573 e. The number of nitrogens with one attached hydrogen (secondary N) is 1. The molecule has 0 atom stereocenters. The normalized spacial score (nSPS) is 12.2. The van der Waals surface area contributed by atoms with Crippen LogP contribution in [0.15, 0.2) is 12.1 Å². The summed E-state index contributed by atoms with van der Waals surface area (Å²) >= 11 is 0.925. The van der Waals surface area contributed by atoms with Crippen molar-refractivity contribution < 1.29 is 26.3 Å². The molecule has 6 nitrogen and oxygen atoms in total. The highest BCUT2D eigenvalue weighted by molar-refractivity contribution is 7.89. The summed E-state index contributed by atoms with van der Waals surface area (Å²) in [6.45, 7) is 1.39. The maximum atomic E-state index is 12.3. The first-order valence-corrected chi connectivity index (χ1v) is 8.44. The van der Waals surface area contributed by atoms with Crippen molar-refractivity contribution in [2.75, 3.05) is 5.75 Å². The Bertz CT molecular complexity index is 874. The molecule has 0 saturated carbocycles. The van der Waals surface area contributed by atoms with Crippen LogP contribution in [-0.2, 0) is 16.6 Å². The van der Waals surface area contributed by atoms with Crippen LogP contribution in [0.25, 0.3) is 10.2 Å². The van der Waals surface area contributed by atoms with E-state index in [1.165, 1.54) is 23.6 Å². The van der Waals surface area contributed by atoms with Crippen molar-refractivity contribution in [3.63, 3.8) is 0 Å². The number of alkyl halides is 3. The molecule has 130 valence electrons. The molecule has 2 rings (SSSR count). The number of aromatic nitrogens is 1. The number of fused-ring (bicyclic) bond motifs is 1. The van der Waals surface area contributed by atoms with E-state index in [-0.39, 0.29) is 40.8 Å². The molecule has 3 N–H and O–H groups in total. The number of nitrogens with zero attached hydrogens (tertiary/aromatic N) is 1. The Morgan fingerprint density at radius 3 is 2.52 bits per heavy atom. The molecule has 0 amide bonds. The first kappa shape index (κ1) is 19.7. The number of thiazole rings is 1. The first-order valence-electron chi connectivity index (χ1n) is 5.91. The Morgan fingerprint density at radius 2 is 2.00 bits per heavy atom. The fourth-order valence-corrected chi connectivity index (χ4v) is 3.28. The van der Waals surface area contributed by atoms with Crippen LogP contribution in [0.5, 0.6) is 5.75 Å². The fourth-order valence-electron chi connectivity index (χ4n) is 1.89. The Morgan fingerprint density at radius 1 is 1.39 bits per heavy atom. The smallest absolute Gasteiger partial charge is 0.405 e. The molecule has 0 spiro atoms. The van der Waals surface area contributed by atoms with Crippen molar-refractivity contribution in [2.24, 2.45) is 5.14 Å². The van der Waals surface area contributed by atoms with E-state index in [1.807, 2.05) is 0 Å². The van der Waals surface area contributed by atoms with Crippen molar-refractivity contribution in [1.29, 1.82) is 5.41 Å². The molecule has 0 aliphatic carbocycles. The van der Waals surface area contributed by atoms with Gasteiger partial charge in [-0.3, -0.25) is 5.41 Å². The number of hydrogen-bond acceptors (Lipinski definition) is 5. The topological polar surface area (TPSA) is 98.2 Å². The number of primary sulfonamides is 1. The Labute approximate surface area is 139 Å². The Kier molecular flexibility index (Phi) is 5.73. The second-order valence-corrected chi connectivity index (χ2v) is 7.32. The highest BCUT2D eigenvalue weighted by atomic mass is 35.5. The van der Waals surface area contributed by atoms with Crippen molar-refractivity contribution in [3.05, 3.63) is 22.5 Å². The molecule has 12 heteroatoms. The average Bonchev–Trinajstić information content (AvgIpc) is 2.59. The van der Waals surface area contributed by atoms with Gasteiger partial charge in [-0.2, -0.15) is 0 Å². The molecule has 0 radical (unpaired) electrons. The lowest BCUT2D eigenvalue weighted by Gasteiger charge is -2.12. The second kappa shape index (κ2) is 6.67. The molecule has 0 aliphatic heterocycles. The standard InChI is InChI=1S/C11H12F3N3O3S2.ClH/c1-6-4-7-9(5-8(6)20-11(12,13)14)21-10(15)17(7)2-3-22(16,18)19;/h4-5,15H,2-3H2,1H3,(H2,16,18,19);1H. The number of sulfonamides is 1. The van der Waals surface area contributed by atoms with Gasteiger partial charge in [0.1, 0.15) is 5.75 Å². The van der Waals surface area contributed by atoms with Crippen LogP contribution in [0.2, 0.25) is 0 Å². The molecular formula is C11H13ClF3N3O3S2. The fraction of sp³-hybridized carbons (Fsp3) is 0.364. The lowest BCUT2D eigenvalue weighted by atomic mass is 10.2. The summed E-state index contributed by atoms with van der Waals surface area (Å²) in [4.78, 5) is 0.0159. The first-order chi connectivity index (χ1) is 9.96. The highest BCUT2D eigenvalue weighted by Crippen LogP contribution is 2.31. The summed E-state index contributed by atoms with van der Waals surface area (Å²) in [5.41, 5.74) is 0.692. The van der Waals surface area contributed by atoms with E-state index in [0.29, 0.717) is 10.2 Å². The number of nitrogens with two attached hydrogens (primary N) is 1. The quantitative estimate of drug-likeness (QED) is 0.834. The van der Waals surface area contributed by atoms with E-state index >= 15 is 0 Å². The van der Waals surface area contributed by atoms with E-state index in [2.05, 4.69) is 4.74 Å². The van der Waals surface area contributed by atoms with Crippen LogP contribution < -0.4 is 14.7 Å². The van der Waals surface area contributed by atoms with Crippen molar-refractivity contribution in [1.82, 2.24) is 4.57 Å². The van der Waals surface area contributed by atoms with Gasteiger partial charge in [-0.15, -0.1) is 25.6 Å². The average molecular weight is 392 g/mol. The van der Waals surface area contributed by atoms with Gasteiger partial charge >= 0.3 is 6.36 Å². The number of halogens is 4. The number of aryl methyl sites for hydroxylation is 2. The number of benzene rings is 1. The minimum absolute atomic E-state index is 0. The van der Waals surface area contributed by atoms with Gasteiger partial charge in [0, 0.05) is 12.6 Å². The Hall–Kier alpha value is -1.30. The van der Waals surface area contributed by atoms with E-state index < -0.39 is 16.4 Å². The number of rotatable bonds is 4. The van der Waals surface area contributed by atoms with Gasteiger partial charge in [0.15, 0.2) is 4.80 Å². The SMILES string of the molecule is Cc1cc2c(cc1OC(F)(F)F)sc(=N)n2CCS(N)(=O)=O.Cl. The zero-order chi connectivity index (χ0) is 16.7. The van der Waals surface area contributed by atoms with E-state index in [1.54, 1.807) is 0 Å². The predicted octanol–water partition coefficient (Wildman–Crippen LogP) is 2.10. The van der Waals surface area contributed by atoms with Crippen LogP contribution in [0.4, 0.5) is 13.2 Å². The Balaban J connectivity index is 0.00000264. The van der Waals surface area contributed by atoms with Gasteiger partial charge in [-0.25, -0.2) is 13.6 Å². The molecule has 23 heavy (non-hydrogen) atoms. The highest BCUT2D eigenvalue weighted by Gasteiger charge is 2.32. The van der Waals surface area contributed by atoms with Gasteiger partial charge in [0.05, 0.1) is 16.0 Å². The summed E-state index contributed by atoms with van der Waals surface area (Å²) < 4.78 is 64.7. The predicted molar refractivity (Wildman–Crippen MR) is 82.3 cm³/mol. The van der Waals surface area contributed by atoms with E-state index in [4.69, 9.17) is 10.5 Å². The van der Waals surface area contributed by atoms with Gasteiger partial charge < -0.3 is 9.30 Å². The lowest BCUT2D eigenvalue weighted by Crippen LogP contribution is -2.24. The number of ether oxygens (including phenoxy) is 1. The van der Waals surface area contributed by atoms with Gasteiger partial charge in [0.25, 0.3) is 0 Å². The largest absolute Gasteiger partial charge is 0.573 e. The van der Waals surface area contributed by atoms with Gasteiger partial charge in [-0.1, -0.05) is 11.3 Å². The van der Waals surface area contributed by atoms with Gasteiger partial charge in [-0.05, 0) is 18.6 Å². The van der Waals surface area contributed by atoms with Crippen LogP contribution in [0.3, 0.4) is 0 Å². The summed E-state index contributed by atoms with van der Waals surface area (Å²) in [5, 5.41) is 12.7. The third-order valence-corrected chi connectivity index (χ3v) is 4.54. The molecule has 1 aromatic heterocycles. The molecular weight excluding hydrogens is 379 g/mol. The maximum absolute atomic E-state index is 12.3. The van der Waals surface area contributed by atoms with E-state index in [9.17, 15) is 21.6 Å². The molecule has 0 saturated heterocycles. The lowest BCUT2D eigenvalue weighted by molar-refractivity contribution is -0.274.